The molecular weight excluding hydrogens is 262 g/mol. The van der Waals surface area contributed by atoms with Crippen molar-refractivity contribution in [2.45, 2.75) is 19.3 Å². The molecule has 1 heterocycles. The van der Waals surface area contributed by atoms with Crippen LogP contribution in [-0.4, -0.2) is 18.9 Å². The summed E-state index contributed by atoms with van der Waals surface area (Å²) in [5.41, 5.74) is 3.15. The quantitative estimate of drug-likeness (QED) is 0.846. The van der Waals surface area contributed by atoms with Crippen molar-refractivity contribution >= 4 is 11.5 Å². The normalized spacial score (nSPS) is 16.1. The highest BCUT2D eigenvalue weighted by Gasteiger charge is 2.24. The van der Waals surface area contributed by atoms with E-state index in [0.29, 0.717) is 13.0 Å². The second-order valence-electron chi connectivity index (χ2n) is 5.25. The average Bonchev–Trinajstić information content (AvgIpc) is 2.92. The summed E-state index contributed by atoms with van der Waals surface area (Å²) < 4.78 is 5.40. The zero-order valence-corrected chi connectivity index (χ0v) is 12.1. The third kappa shape index (κ3) is 2.92. The molecule has 0 spiro atoms. The second kappa shape index (κ2) is 6.00. The van der Waals surface area contributed by atoms with Gasteiger partial charge in [0.25, 0.3) is 0 Å². The molecule has 108 valence electrons. The van der Waals surface area contributed by atoms with Gasteiger partial charge in [-0.1, -0.05) is 18.2 Å². The minimum Gasteiger partial charge on any atom is -0.494 e. The number of nitrogens with one attached hydrogen (secondary N) is 1. The number of rotatable bonds is 5. The first-order chi connectivity index (χ1) is 10.3. The molecule has 3 nitrogen and oxygen atoms in total. The summed E-state index contributed by atoms with van der Waals surface area (Å²) in [5.74, 6) is 1.25. The molecule has 0 amide bonds. The Bertz CT molecular complexity index is 634. The summed E-state index contributed by atoms with van der Waals surface area (Å²) in [6.45, 7) is 3.42. The number of ketones is 1. The van der Waals surface area contributed by atoms with Gasteiger partial charge in [-0.2, -0.15) is 0 Å². The highest BCUT2D eigenvalue weighted by Crippen LogP contribution is 2.34. The SMILES string of the molecule is CCOc1ccc(C(=O)CC2CNc3ccccc32)cc1. The zero-order chi connectivity index (χ0) is 14.7. The molecule has 0 radical (unpaired) electrons. The van der Waals surface area contributed by atoms with E-state index in [9.17, 15) is 4.79 Å². The maximum absolute atomic E-state index is 12.4. The third-order valence-electron chi connectivity index (χ3n) is 3.86. The molecule has 3 heteroatoms. The molecule has 21 heavy (non-hydrogen) atoms. The molecule has 0 fully saturated rings. The van der Waals surface area contributed by atoms with E-state index >= 15 is 0 Å². The summed E-state index contributed by atoms with van der Waals surface area (Å²) >= 11 is 0. The zero-order valence-electron chi connectivity index (χ0n) is 12.1. The Hall–Kier alpha value is -2.29. The van der Waals surface area contributed by atoms with Crippen LogP contribution >= 0.6 is 0 Å². The van der Waals surface area contributed by atoms with Crippen LogP contribution < -0.4 is 10.1 Å². The number of Topliss-reactive ketones (excluding diaryl/α,β-unsaturated/α-hetero) is 1. The number of hydrogen-bond donors (Lipinski definition) is 1. The van der Waals surface area contributed by atoms with Crippen LogP contribution in [0.1, 0.15) is 35.2 Å². The number of carbonyl (C=O) groups excluding carboxylic acids is 1. The van der Waals surface area contributed by atoms with Crippen LogP contribution in [-0.2, 0) is 0 Å². The number of benzene rings is 2. The molecule has 3 rings (SSSR count). The van der Waals surface area contributed by atoms with Crippen molar-refractivity contribution in [2.75, 3.05) is 18.5 Å². The standard InChI is InChI=1S/C18H19NO2/c1-2-21-15-9-7-13(8-10-15)18(20)11-14-12-19-17-6-4-3-5-16(14)17/h3-10,14,19H,2,11-12H2,1H3. The van der Waals surface area contributed by atoms with Crippen molar-refractivity contribution in [1.29, 1.82) is 0 Å². The molecule has 2 aromatic rings. The highest BCUT2D eigenvalue weighted by molar-refractivity contribution is 5.97. The molecule has 1 aliphatic rings. The van der Waals surface area contributed by atoms with Crippen molar-refractivity contribution in [3.8, 4) is 5.75 Å². The minimum atomic E-state index is 0.182. The molecule has 1 atom stereocenters. The predicted molar refractivity (Wildman–Crippen MR) is 84.2 cm³/mol. The van der Waals surface area contributed by atoms with E-state index in [1.165, 1.54) is 5.56 Å². The number of anilines is 1. The molecule has 1 unspecified atom stereocenters. The summed E-state index contributed by atoms with van der Waals surface area (Å²) in [6, 6.07) is 15.6. The second-order valence-corrected chi connectivity index (χ2v) is 5.25. The van der Waals surface area contributed by atoms with E-state index in [2.05, 4.69) is 17.4 Å². The average molecular weight is 281 g/mol. The van der Waals surface area contributed by atoms with Crippen molar-refractivity contribution in [1.82, 2.24) is 0 Å². The Labute approximate surface area is 124 Å². The maximum atomic E-state index is 12.4. The van der Waals surface area contributed by atoms with Gasteiger partial charge in [0.2, 0.25) is 0 Å². The molecule has 1 aliphatic heterocycles. The summed E-state index contributed by atoms with van der Waals surface area (Å²) in [6.07, 6.45) is 0.540. The highest BCUT2D eigenvalue weighted by atomic mass is 16.5. The van der Waals surface area contributed by atoms with Crippen molar-refractivity contribution in [2.24, 2.45) is 0 Å². The smallest absolute Gasteiger partial charge is 0.163 e. The first kappa shape index (κ1) is 13.7. The number of para-hydroxylation sites is 1. The number of fused-ring (bicyclic) bond motifs is 1. The molecule has 0 aromatic heterocycles. The van der Waals surface area contributed by atoms with Crippen molar-refractivity contribution in [3.05, 3.63) is 59.7 Å². The molecular formula is C18H19NO2. The van der Waals surface area contributed by atoms with Gasteiger partial charge in [0.15, 0.2) is 5.78 Å². The molecule has 2 aromatic carbocycles. The van der Waals surface area contributed by atoms with Gasteiger partial charge in [0, 0.05) is 30.1 Å². The van der Waals surface area contributed by atoms with Crippen LogP contribution in [0.4, 0.5) is 5.69 Å². The minimum absolute atomic E-state index is 0.182. The summed E-state index contributed by atoms with van der Waals surface area (Å²) in [7, 11) is 0. The molecule has 0 bridgehead atoms. The first-order valence-corrected chi connectivity index (χ1v) is 7.37. The molecule has 0 saturated carbocycles. The fraction of sp³-hybridized carbons (Fsp3) is 0.278. The van der Waals surface area contributed by atoms with E-state index in [1.54, 1.807) is 0 Å². The number of carbonyl (C=O) groups is 1. The van der Waals surface area contributed by atoms with Crippen LogP contribution in [0.3, 0.4) is 0 Å². The topological polar surface area (TPSA) is 38.3 Å². The van der Waals surface area contributed by atoms with Crippen LogP contribution in [0.2, 0.25) is 0 Å². The largest absolute Gasteiger partial charge is 0.494 e. The van der Waals surface area contributed by atoms with Crippen LogP contribution in [0, 0.1) is 0 Å². The molecule has 1 N–H and O–H groups in total. The number of ether oxygens (including phenoxy) is 1. The maximum Gasteiger partial charge on any atom is 0.163 e. The fourth-order valence-electron chi connectivity index (χ4n) is 2.78. The first-order valence-electron chi connectivity index (χ1n) is 7.37. The third-order valence-corrected chi connectivity index (χ3v) is 3.86. The van der Waals surface area contributed by atoms with Gasteiger partial charge in [0.05, 0.1) is 6.61 Å². The fourth-order valence-corrected chi connectivity index (χ4v) is 2.78. The Morgan fingerprint density at radius 3 is 2.71 bits per heavy atom. The van der Waals surface area contributed by atoms with Gasteiger partial charge >= 0.3 is 0 Å². The van der Waals surface area contributed by atoms with Gasteiger partial charge in [-0.25, -0.2) is 0 Å². The lowest BCUT2D eigenvalue weighted by Gasteiger charge is -2.10. The summed E-state index contributed by atoms with van der Waals surface area (Å²) in [4.78, 5) is 12.4. The van der Waals surface area contributed by atoms with E-state index < -0.39 is 0 Å². The Morgan fingerprint density at radius 2 is 1.95 bits per heavy atom. The van der Waals surface area contributed by atoms with Gasteiger partial charge in [-0.3, -0.25) is 4.79 Å². The lowest BCUT2D eigenvalue weighted by atomic mass is 9.93. The van der Waals surface area contributed by atoms with Crippen LogP contribution in [0.25, 0.3) is 0 Å². The van der Waals surface area contributed by atoms with Crippen molar-refractivity contribution in [3.63, 3.8) is 0 Å². The Kier molecular flexibility index (Phi) is 3.91. The van der Waals surface area contributed by atoms with Gasteiger partial charge in [0.1, 0.15) is 5.75 Å². The van der Waals surface area contributed by atoms with Crippen LogP contribution in [0.15, 0.2) is 48.5 Å². The van der Waals surface area contributed by atoms with Gasteiger partial charge in [-0.15, -0.1) is 0 Å². The van der Waals surface area contributed by atoms with E-state index in [0.717, 1.165) is 23.5 Å². The molecule has 0 saturated heterocycles. The van der Waals surface area contributed by atoms with Gasteiger partial charge in [-0.05, 0) is 42.8 Å². The number of hydrogen-bond acceptors (Lipinski definition) is 3. The molecule has 0 aliphatic carbocycles. The lowest BCUT2D eigenvalue weighted by Crippen LogP contribution is -2.09. The Balaban J connectivity index is 1.69. The Morgan fingerprint density at radius 1 is 1.19 bits per heavy atom. The predicted octanol–water partition coefficient (Wildman–Crippen LogP) is 3.87. The van der Waals surface area contributed by atoms with Crippen molar-refractivity contribution < 1.29 is 9.53 Å². The van der Waals surface area contributed by atoms with E-state index in [-0.39, 0.29) is 11.7 Å². The van der Waals surface area contributed by atoms with E-state index in [4.69, 9.17) is 4.74 Å². The van der Waals surface area contributed by atoms with Gasteiger partial charge < -0.3 is 10.1 Å². The monoisotopic (exact) mass is 281 g/mol. The van der Waals surface area contributed by atoms with E-state index in [1.807, 2.05) is 43.3 Å². The summed E-state index contributed by atoms with van der Waals surface area (Å²) in [5, 5.41) is 3.36. The van der Waals surface area contributed by atoms with Crippen LogP contribution in [0.5, 0.6) is 5.75 Å². The lowest BCUT2D eigenvalue weighted by molar-refractivity contribution is 0.0975.